The second kappa shape index (κ2) is 7.66. The summed E-state index contributed by atoms with van der Waals surface area (Å²) in [6.07, 6.45) is 3.00. The minimum Gasteiger partial charge on any atom is -0.396 e. The molecule has 0 aliphatic carbocycles. The Hall–Kier alpha value is -0.860. The van der Waals surface area contributed by atoms with Gasteiger partial charge >= 0.3 is 0 Å². The lowest BCUT2D eigenvalue weighted by molar-refractivity contribution is 0.261. The van der Waals surface area contributed by atoms with E-state index in [0.717, 1.165) is 19.3 Å². The number of nitrogens with one attached hydrogen (secondary N) is 1. The minimum absolute atomic E-state index is 0.279. The molecule has 1 rings (SSSR count). The lowest BCUT2D eigenvalue weighted by Crippen LogP contribution is -2.33. The Morgan fingerprint density at radius 3 is 2.32 bits per heavy atom. The lowest BCUT2D eigenvalue weighted by atomic mass is 9.85. The molecule has 2 heteroatoms. The van der Waals surface area contributed by atoms with Crippen LogP contribution in [0, 0.1) is 5.41 Å². The third-order valence-corrected chi connectivity index (χ3v) is 3.30. The van der Waals surface area contributed by atoms with E-state index in [1.807, 2.05) is 0 Å². The summed E-state index contributed by atoms with van der Waals surface area (Å²) in [6.45, 7) is 9.32. The molecule has 0 fully saturated rings. The van der Waals surface area contributed by atoms with Crippen molar-refractivity contribution in [1.29, 1.82) is 0 Å². The predicted molar refractivity (Wildman–Crippen MR) is 82.2 cm³/mol. The van der Waals surface area contributed by atoms with Crippen molar-refractivity contribution in [3.05, 3.63) is 35.9 Å². The van der Waals surface area contributed by atoms with Crippen LogP contribution in [0.3, 0.4) is 0 Å². The lowest BCUT2D eigenvalue weighted by Gasteiger charge is -2.30. The van der Waals surface area contributed by atoms with Gasteiger partial charge in [-0.05, 0) is 37.2 Å². The Balaban J connectivity index is 2.70. The van der Waals surface area contributed by atoms with E-state index in [1.54, 1.807) is 0 Å². The smallest absolute Gasteiger partial charge is 0.0431 e. The molecular formula is C17H29NO. The Morgan fingerprint density at radius 2 is 1.79 bits per heavy atom. The molecule has 2 N–H and O–H groups in total. The fraction of sp³-hybridized carbons (Fsp3) is 0.647. The van der Waals surface area contributed by atoms with Gasteiger partial charge in [-0.3, -0.25) is 0 Å². The van der Waals surface area contributed by atoms with Crippen LogP contribution in [-0.4, -0.2) is 17.8 Å². The zero-order valence-electron chi connectivity index (χ0n) is 12.8. The van der Waals surface area contributed by atoms with Gasteiger partial charge < -0.3 is 10.4 Å². The summed E-state index contributed by atoms with van der Waals surface area (Å²) in [5.41, 5.74) is 1.65. The molecule has 19 heavy (non-hydrogen) atoms. The van der Waals surface area contributed by atoms with Crippen LogP contribution < -0.4 is 5.32 Å². The van der Waals surface area contributed by atoms with Crippen LogP contribution >= 0.6 is 0 Å². The first-order chi connectivity index (χ1) is 8.92. The highest BCUT2D eigenvalue weighted by atomic mass is 16.2. The summed E-state index contributed by atoms with van der Waals surface area (Å²) in [7, 11) is 0. The Morgan fingerprint density at radius 1 is 1.16 bits per heavy atom. The van der Waals surface area contributed by atoms with Gasteiger partial charge in [0.05, 0.1) is 0 Å². The summed E-state index contributed by atoms with van der Waals surface area (Å²) < 4.78 is 0. The highest BCUT2D eigenvalue weighted by Crippen LogP contribution is 2.29. The molecule has 0 radical (unpaired) electrons. The van der Waals surface area contributed by atoms with E-state index >= 15 is 0 Å². The fourth-order valence-corrected chi connectivity index (χ4v) is 2.39. The maximum absolute atomic E-state index is 8.92. The molecule has 1 aromatic carbocycles. The van der Waals surface area contributed by atoms with E-state index in [9.17, 15) is 0 Å². The summed E-state index contributed by atoms with van der Waals surface area (Å²) >= 11 is 0. The van der Waals surface area contributed by atoms with Gasteiger partial charge in [-0.1, -0.05) is 51.1 Å². The molecule has 0 saturated heterocycles. The SMILES string of the molecule is CC(CCCO)NC(CC(C)(C)C)c1ccccc1. The maximum atomic E-state index is 8.92. The molecule has 0 aliphatic heterocycles. The number of benzene rings is 1. The zero-order valence-corrected chi connectivity index (χ0v) is 12.8. The van der Waals surface area contributed by atoms with Crippen LogP contribution in [-0.2, 0) is 0 Å². The summed E-state index contributed by atoms with van der Waals surface area (Å²) in [6, 6.07) is 11.5. The van der Waals surface area contributed by atoms with Gasteiger partial charge in [0.15, 0.2) is 0 Å². The molecule has 108 valence electrons. The van der Waals surface area contributed by atoms with Crippen molar-refractivity contribution < 1.29 is 5.11 Å². The van der Waals surface area contributed by atoms with Gasteiger partial charge in [0.2, 0.25) is 0 Å². The van der Waals surface area contributed by atoms with Gasteiger partial charge in [-0.25, -0.2) is 0 Å². The first-order valence-corrected chi connectivity index (χ1v) is 7.34. The van der Waals surface area contributed by atoms with E-state index in [0.29, 0.717) is 17.5 Å². The molecule has 0 spiro atoms. The largest absolute Gasteiger partial charge is 0.396 e. The van der Waals surface area contributed by atoms with E-state index in [1.165, 1.54) is 5.56 Å². The zero-order chi connectivity index (χ0) is 14.3. The predicted octanol–water partition coefficient (Wildman–Crippen LogP) is 3.91. The van der Waals surface area contributed by atoms with Crippen LogP contribution in [0.4, 0.5) is 0 Å². The Bertz CT molecular complexity index is 342. The third kappa shape index (κ3) is 6.74. The molecule has 0 saturated carbocycles. The van der Waals surface area contributed by atoms with Crippen LogP contribution in [0.15, 0.2) is 30.3 Å². The number of hydrogen-bond donors (Lipinski definition) is 2. The average molecular weight is 263 g/mol. The normalized spacial score (nSPS) is 15.2. The van der Waals surface area contributed by atoms with Crippen molar-refractivity contribution in [3.63, 3.8) is 0 Å². The van der Waals surface area contributed by atoms with Crippen molar-refractivity contribution >= 4 is 0 Å². The first-order valence-electron chi connectivity index (χ1n) is 7.34. The van der Waals surface area contributed by atoms with Crippen molar-refractivity contribution in [1.82, 2.24) is 5.32 Å². The Kier molecular flexibility index (Phi) is 6.53. The highest BCUT2D eigenvalue weighted by Gasteiger charge is 2.21. The van der Waals surface area contributed by atoms with E-state index in [2.05, 4.69) is 63.3 Å². The summed E-state index contributed by atoms with van der Waals surface area (Å²) in [5, 5.41) is 12.6. The topological polar surface area (TPSA) is 32.3 Å². The summed E-state index contributed by atoms with van der Waals surface area (Å²) in [4.78, 5) is 0. The highest BCUT2D eigenvalue weighted by molar-refractivity contribution is 5.19. The third-order valence-electron chi connectivity index (χ3n) is 3.30. The number of aliphatic hydroxyl groups excluding tert-OH is 1. The molecule has 1 aromatic rings. The quantitative estimate of drug-likeness (QED) is 0.781. The number of rotatable bonds is 7. The van der Waals surface area contributed by atoms with E-state index in [4.69, 9.17) is 5.11 Å². The molecule has 0 amide bonds. The van der Waals surface area contributed by atoms with E-state index < -0.39 is 0 Å². The molecule has 0 aliphatic rings. The molecule has 0 aromatic heterocycles. The van der Waals surface area contributed by atoms with Crippen LogP contribution in [0.5, 0.6) is 0 Å². The van der Waals surface area contributed by atoms with Crippen LogP contribution in [0.25, 0.3) is 0 Å². The maximum Gasteiger partial charge on any atom is 0.0431 e. The van der Waals surface area contributed by atoms with Crippen LogP contribution in [0.2, 0.25) is 0 Å². The number of hydrogen-bond acceptors (Lipinski definition) is 2. The molecule has 2 atom stereocenters. The van der Waals surface area contributed by atoms with E-state index in [-0.39, 0.29) is 6.61 Å². The second-order valence-electron chi connectivity index (χ2n) is 6.66. The number of aliphatic hydroxyl groups is 1. The average Bonchev–Trinajstić information content (AvgIpc) is 2.35. The van der Waals surface area contributed by atoms with Crippen molar-refractivity contribution in [2.24, 2.45) is 5.41 Å². The van der Waals surface area contributed by atoms with Gasteiger partial charge in [0.25, 0.3) is 0 Å². The van der Waals surface area contributed by atoms with Gasteiger partial charge in [0.1, 0.15) is 0 Å². The minimum atomic E-state index is 0.279. The second-order valence-corrected chi connectivity index (χ2v) is 6.66. The molecule has 0 bridgehead atoms. The van der Waals surface area contributed by atoms with Gasteiger partial charge in [0, 0.05) is 18.7 Å². The molecular weight excluding hydrogens is 234 g/mol. The van der Waals surface area contributed by atoms with Crippen molar-refractivity contribution in [2.75, 3.05) is 6.61 Å². The monoisotopic (exact) mass is 263 g/mol. The van der Waals surface area contributed by atoms with Crippen LogP contribution in [0.1, 0.15) is 58.6 Å². The summed E-state index contributed by atoms with van der Waals surface area (Å²) in [5.74, 6) is 0. The fourth-order valence-electron chi connectivity index (χ4n) is 2.39. The Labute approximate surface area is 118 Å². The first kappa shape index (κ1) is 16.2. The van der Waals surface area contributed by atoms with Gasteiger partial charge in [-0.15, -0.1) is 0 Å². The standard InChI is InChI=1S/C17H29NO/c1-14(9-8-12-19)18-16(13-17(2,3)4)15-10-6-5-7-11-15/h5-7,10-11,14,16,18-19H,8-9,12-13H2,1-4H3. The van der Waals surface area contributed by atoms with Gasteiger partial charge in [-0.2, -0.15) is 0 Å². The molecule has 0 heterocycles. The molecule has 2 unspecified atom stereocenters. The molecule has 2 nitrogen and oxygen atoms in total. The van der Waals surface area contributed by atoms with Crippen molar-refractivity contribution in [2.45, 2.75) is 59.0 Å². The van der Waals surface area contributed by atoms with Crippen molar-refractivity contribution in [3.8, 4) is 0 Å².